The maximum absolute atomic E-state index is 13.5. The third-order valence-corrected chi connectivity index (χ3v) is 3.04. The average Bonchev–Trinajstić information content (AvgIpc) is 2.41. The molecule has 0 saturated heterocycles. The first-order chi connectivity index (χ1) is 9.10. The second-order valence-electron chi connectivity index (χ2n) is 3.76. The SMILES string of the molecule is N#Cc1cc(CNc2cc(Br)c(F)cc2F)ccn1. The van der Waals surface area contributed by atoms with Gasteiger partial charge in [0.25, 0.3) is 0 Å². The molecule has 0 spiro atoms. The van der Waals surface area contributed by atoms with Crippen LogP contribution in [0.25, 0.3) is 0 Å². The Morgan fingerprint density at radius 2 is 2.05 bits per heavy atom. The standard InChI is InChI=1S/C13H8BrF2N3/c14-10-4-13(12(16)5-11(10)15)19-7-8-1-2-18-9(3-8)6-17/h1-5,19H,7H2. The summed E-state index contributed by atoms with van der Waals surface area (Å²) in [5.41, 5.74) is 1.26. The molecule has 0 radical (unpaired) electrons. The van der Waals surface area contributed by atoms with E-state index in [4.69, 9.17) is 5.26 Å². The molecule has 1 aromatic heterocycles. The summed E-state index contributed by atoms with van der Waals surface area (Å²) < 4.78 is 26.7. The van der Waals surface area contributed by atoms with Crippen LogP contribution in [-0.2, 0) is 6.54 Å². The molecule has 1 N–H and O–H groups in total. The van der Waals surface area contributed by atoms with Crippen molar-refractivity contribution in [3.8, 4) is 6.07 Å². The number of nitrogens with zero attached hydrogens (tertiary/aromatic N) is 2. The Balaban J connectivity index is 2.14. The highest BCUT2D eigenvalue weighted by molar-refractivity contribution is 9.10. The van der Waals surface area contributed by atoms with Gasteiger partial charge in [-0.15, -0.1) is 0 Å². The number of hydrogen-bond donors (Lipinski definition) is 1. The molecule has 3 nitrogen and oxygen atoms in total. The van der Waals surface area contributed by atoms with Gasteiger partial charge in [-0.1, -0.05) is 0 Å². The normalized spacial score (nSPS) is 10.0. The van der Waals surface area contributed by atoms with Gasteiger partial charge in [0, 0.05) is 18.8 Å². The Hall–Kier alpha value is -2.00. The lowest BCUT2D eigenvalue weighted by atomic mass is 10.2. The van der Waals surface area contributed by atoms with Gasteiger partial charge in [0.05, 0.1) is 10.2 Å². The third kappa shape index (κ3) is 3.26. The van der Waals surface area contributed by atoms with E-state index in [1.807, 2.05) is 6.07 Å². The zero-order chi connectivity index (χ0) is 13.8. The van der Waals surface area contributed by atoms with Gasteiger partial charge in [-0.3, -0.25) is 0 Å². The molecule has 0 unspecified atom stereocenters. The van der Waals surface area contributed by atoms with E-state index in [0.717, 1.165) is 11.6 Å². The topological polar surface area (TPSA) is 48.7 Å². The minimum Gasteiger partial charge on any atom is -0.379 e. The number of pyridine rings is 1. The van der Waals surface area contributed by atoms with Crippen LogP contribution < -0.4 is 5.32 Å². The van der Waals surface area contributed by atoms with Crippen LogP contribution in [0.1, 0.15) is 11.3 Å². The lowest BCUT2D eigenvalue weighted by Gasteiger charge is -2.08. The van der Waals surface area contributed by atoms with Gasteiger partial charge in [-0.25, -0.2) is 13.8 Å². The quantitative estimate of drug-likeness (QED) is 0.878. The van der Waals surface area contributed by atoms with Gasteiger partial charge in [0.15, 0.2) is 0 Å². The molecule has 2 rings (SSSR count). The van der Waals surface area contributed by atoms with Crippen molar-refractivity contribution in [2.24, 2.45) is 0 Å². The molecular formula is C13H8BrF2N3. The summed E-state index contributed by atoms with van der Waals surface area (Å²) in [6.45, 7) is 0.312. The van der Waals surface area contributed by atoms with Crippen LogP contribution in [0.15, 0.2) is 34.9 Å². The van der Waals surface area contributed by atoms with Gasteiger partial charge in [-0.05, 0) is 39.7 Å². The van der Waals surface area contributed by atoms with Crippen molar-refractivity contribution in [3.05, 3.63) is 57.8 Å². The number of halogens is 3. The molecule has 0 amide bonds. The maximum atomic E-state index is 13.5. The molecule has 0 atom stereocenters. The van der Waals surface area contributed by atoms with E-state index in [2.05, 4.69) is 26.2 Å². The molecule has 0 aliphatic carbocycles. The number of nitriles is 1. The van der Waals surface area contributed by atoms with Crippen molar-refractivity contribution in [1.82, 2.24) is 4.98 Å². The summed E-state index contributed by atoms with van der Waals surface area (Å²) in [4.78, 5) is 3.84. The molecule has 0 fully saturated rings. The van der Waals surface area contributed by atoms with Crippen LogP contribution in [0.4, 0.5) is 14.5 Å². The maximum Gasteiger partial charge on any atom is 0.149 e. The molecule has 0 aliphatic rings. The number of anilines is 1. The molecular weight excluding hydrogens is 316 g/mol. The van der Waals surface area contributed by atoms with Crippen molar-refractivity contribution >= 4 is 21.6 Å². The average molecular weight is 324 g/mol. The molecule has 6 heteroatoms. The van der Waals surface area contributed by atoms with Crippen LogP contribution in [0.5, 0.6) is 0 Å². The van der Waals surface area contributed by atoms with E-state index in [1.54, 1.807) is 12.1 Å². The number of nitrogens with one attached hydrogen (secondary N) is 1. The molecule has 19 heavy (non-hydrogen) atoms. The van der Waals surface area contributed by atoms with Crippen molar-refractivity contribution in [3.63, 3.8) is 0 Å². The Morgan fingerprint density at radius 3 is 2.79 bits per heavy atom. The van der Waals surface area contributed by atoms with Gasteiger partial charge in [0.1, 0.15) is 23.4 Å². The van der Waals surface area contributed by atoms with Gasteiger partial charge in [-0.2, -0.15) is 5.26 Å². The van der Waals surface area contributed by atoms with E-state index in [0.29, 0.717) is 12.2 Å². The monoisotopic (exact) mass is 323 g/mol. The smallest absolute Gasteiger partial charge is 0.149 e. The molecule has 96 valence electrons. The molecule has 0 aliphatic heterocycles. The molecule has 0 bridgehead atoms. The minimum atomic E-state index is -0.671. The largest absolute Gasteiger partial charge is 0.379 e. The number of benzene rings is 1. The van der Waals surface area contributed by atoms with Gasteiger partial charge in [0.2, 0.25) is 0 Å². The lowest BCUT2D eigenvalue weighted by molar-refractivity contribution is 0.580. The van der Waals surface area contributed by atoms with Gasteiger partial charge < -0.3 is 5.32 Å². The summed E-state index contributed by atoms with van der Waals surface area (Å²) in [5, 5.41) is 11.6. The van der Waals surface area contributed by atoms with Crippen LogP contribution in [0.3, 0.4) is 0 Å². The zero-order valence-electron chi connectivity index (χ0n) is 9.62. The predicted molar refractivity (Wildman–Crippen MR) is 70.3 cm³/mol. The van der Waals surface area contributed by atoms with Crippen LogP contribution in [-0.4, -0.2) is 4.98 Å². The fourth-order valence-corrected chi connectivity index (χ4v) is 1.84. The Kier molecular flexibility index (Phi) is 4.07. The Bertz CT molecular complexity index is 653. The van der Waals surface area contributed by atoms with E-state index in [9.17, 15) is 8.78 Å². The van der Waals surface area contributed by atoms with Crippen molar-refractivity contribution in [2.75, 3.05) is 5.32 Å². The number of rotatable bonds is 3. The fourth-order valence-electron chi connectivity index (χ4n) is 1.50. The minimum absolute atomic E-state index is 0.184. The highest BCUT2D eigenvalue weighted by atomic mass is 79.9. The summed E-state index contributed by atoms with van der Waals surface area (Å²) >= 11 is 2.99. The summed E-state index contributed by atoms with van der Waals surface area (Å²) in [5.74, 6) is -1.33. The van der Waals surface area contributed by atoms with Crippen LogP contribution in [0, 0.1) is 23.0 Å². The second-order valence-corrected chi connectivity index (χ2v) is 4.62. The Morgan fingerprint density at radius 1 is 1.26 bits per heavy atom. The molecule has 2 aromatic rings. The molecule has 0 saturated carbocycles. The highest BCUT2D eigenvalue weighted by Gasteiger charge is 2.08. The van der Waals surface area contributed by atoms with E-state index >= 15 is 0 Å². The number of aromatic nitrogens is 1. The lowest BCUT2D eigenvalue weighted by Crippen LogP contribution is -2.03. The molecule has 1 heterocycles. The van der Waals surface area contributed by atoms with E-state index in [-0.39, 0.29) is 10.2 Å². The van der Waals surface area contributed by atoms with E-state index in [1.165, 1.54) is 12.3 Å². The zero-order valence-corrected chi connectivity index (χ0v) is 11.2. The first-order valence-corrected chi connectivity index (χ1v) is 6.13. The Labute approximate surface area is 117 Å². The van der Waals surface area contributed by atoms with Crippen LogP contribution in [0.2, 0.25) is 0 Å². The van der Waals surface area contributed by atoms with Crippen molar-refractivity contribution in [1.29, 1.82) is 5.26 Å². The van der Waals surface area contributed by atoms with E-state index < -0.39 is 11.6 Å². The number of hydrogen-bond acceptors (Lipinski definition) is 3. The first-order valence-electron chi connectivity index (χ1n) is 5.33. The van der Waals surface area contributed by atoms with Crippen molar-refractivity contribution < 1.29 is 8.78 Å². The van der Waals surface area contributed by atoms with Crippen LogP contribution >= 0.6 is 15.9 Å². The second kappa shape index (κ2) is 5.76. The van der Waals surface area contributed by atoms with Gasteiger partial charge >= 0.3 is 0 Å². The fraction of sp³-hybridized carbons (Fsp3) is 0.0769. The first kappa shape index (κ1) is 13.4. The molecule has 1 aromatic carbocycles. The summed E-state index contributed by atoms with van der Waals surface area (Å²) in [6, 6.07) is 7.37. The third-order valence-electron chi connectivity index (χ3n) is 2.43. The van der Waals surface area contributed by atoms with Crippen molar-refractivity contribution in [2.45, 2.75) is 6.54 Å². The summed E-state index contributed by atoms with van der Waals surface area (Å²) in [7, 11) is 0. The summed E-state index contributed by atoms with van der Waals surface area (Å²) in [6.07, 6.45) is 1.51. The highest BCUT2D eigenvalue weighted by Crippen LogP contribution is 2.24. The predicted octanol–water partition coefficient (Wildman–Crippen LogP) is 3.61.